The summed E-state index contributed by atoms with van der Waals surface area (Å²) in [6.07, 6.45) is 7.02. The van der Waals surface area contributed by atoms with E-state index in [0.717, 1.165) is 24.4 Å². The summed E-state index contributed by atoms with van der Waals surface area (Å²) in [6, 6.07) is -0.600. The summed E-state index contributed by atoms with van der Waals surface area (Å²) < 4.78 is 4.98. The first kappa shape index (κ1) is 13.3. The van der Waals surface area contributed by atoms with Crippen molar-refractivity contribution in [2.24, 2.45) is 5.73 Å². The summed E-state index contributed by atoms with van der Waals surface area (Å²) in [4.78, 5) is 25.5. The molecule has 2 aromatic rings. The normalized spacial score (nSPS) is 12.3. The minimum Gasteiger partial charge on any atom is -0.391 e. The summed E-state index contributed by atoms with van der Waals surface area (Å²) in [5.41, 5.74) is 6.61. The third kappa shape index (κ3) is 3.65. The zero-order valence-electron chi connectivity index (χ0n) is 10.7. The van der Waals surface area contributed by atoms with Crippen LogP contribution in [-0.4, -0.2) is 31.9 Å². The fourth-order valence-corrected chi connectivity index (χ4v) is 1.67. The van der Waals surface area contributed by atoms with Crippen molar-refractivity contribution in [2.45, 2.75) is 32.2 Å². The van der Waals surface area contributed by atoms with Gasteiger partial charge in [-0.2, -0.15) is 0 Å². The van der Waals surface area contributed by atoms with E-state index in [1.807, 2.05) is 0 Å². The Morgan fingerprint density at radius 1 is 1.53 bits per heavy atom. The van der Waals surface area contributed by atoms with Crippen LogP contribution in [0.15, 0.2) is 18.6 Å². The molecule has 0 saturated carbocycles. The quantitative estimate of drug-likeness (QED) is 0.660. The minimum absolute atomic E-state index is 0.150. The first-order chi connectivity index (χ1) is 9.19. The van der Waals surface area contributed by atoms with E-state index in [-0.39, 0.29) is 6.01 Å². The van der Waals surface area contributed by atoms with Gasteiger partial charge in [-0.1, -0.05) is 6.92 Å². The number of ether oxygens (including phenoxy) is 1. The monoisotopic (exact) mass is 263 g/mol. The van der Waals surface area contributed by atoms with Crippen LogP contribution in [0.4, 0.5) is 0 Å². The number of nitrogens with zero attached hydrogens (tertiary/aromatic N) is 2. The Hall–Kier alpha value is -2.15. The summed E-state index contributed by atoms with van der Waals surface area (Å²) in [5.74, 6) is 0.380. The molecule has 1 atom stereocenters. The van der Waals surface area contributed by atoms with E-state index in [1.165, 1.54) is 6.20 Å². The van der Waals surface area contributed by atoms with Gasteiger partial charge in [0, 0.05) is 37.1 Å². The van der Waals surface area contributed by atoms with Gasteiger partial charge >= 0.3 is 12.0 Å². The maximum Gasteiger partial charge on any atom is 0.331 e. The Morgan fingerprint density at radius 3 is 3.05 bits per heavy atom. The second kappa shape index (κ2) is 6.14. The lowest BCUT2D eigenvalue weighted by Gasteiger charge is -2.08. The molecule has 0 aromatic carbocycles. The molecule has 19 heavy (non-hydrogen) atoms. The van der Waals surface area contributed by atoms with Gasteiger partial charge in [0.15, 0.2) is 0 Å². The first-order valence-electron chi connectivity index (χ1n) is 6.18. The van der Waals surface area contributed by atoms with Crippen molar-refractivity contribution in [2.75, 3.05) is 0 Å². The lowest BCUT2D eigenvalue weighted by atomic mass is 10.2. The van der Waals surface area contributed by atoms with Crippen LogP contribution in [0.2, 0.25) is 0 Å². The molecule has 0 aliphatic rings. The van der Waals surface area contributed by atoms with E-state index in [1.54, 1.807) is 12.4 Å². The van der Waals surface area contributed by atoms with Crippen molar-refractivity contribution in [1.82, 2.24) is 19.9 Å². The van der Waals surface area contributed by atoms with Crippen LogP contribution < -0.4 is 10.5 Å². The molecule has 0 spiro atoms. The smallest absolute Gasteiger partial charge is 0.331 e. The second-order valence-corrected chi connectivity index (χ2v) is 4.23. The molecule has 0 aliphatic carbocycles. The number of nitrogens with two attached hydrogens (primary N) is 1. The molecule has 0 aliphatic heterocycles. The van der Waals surface area contributed by atoms with Crippen LogP contribution in [0, 0.1) is 0 Å². The van der Waals surface area contributed by atoms with Crippen LogP contribution in [0.1, 0.15) is 24.9 Å². The predicted molar refractivity (Wildman–Crippen MR) is 68.5 cm³/mol. The summed E-state index contributed by atoms with van der Waals surface area (Å²) in [6.45, 7) is 2.08. The molecule has 0 radical (unpaired) electrons. The number of aromatic amines is 2. The number of nitrogens with one attached hydrogen (secondary N) is 2. The van der Waals surface area contributed by atoms with Crippen LogP contribution in [0.25, 0.3) is 0 Å². The summed E-state index contributed by atoms with van der Waals surface area (Å²) >= 11 is 0. The molecule has 0 fully saturated rings. The fraction of sp³-hybridized carbons (Fsp3) is 0.417. The van der Waals surface area contributed by atoms with Crippen molar-refractivity contribution in [3.05, 3.63) is 30.1 Å². The van der Waals surface area contributed by atoms with E-state index in [4.69, 9.17) is 10.5 Å². The molecule has 4 N–H and O–H groups in total. The molecule has 7 nitrogen and oxygen atoms in total. The van der Waals surface area contributed by atoms with Crippen LogP contribution in [0.5, 0.6) is 6.01 Å². The Kier molecular flexibility index (Phi) is 4.30. The topological polar surface area (TPSA) is 110 Å². The highest BCUT2D eigenvalue weighted by atomic mass is 16.5. The van der Waals surface area contributed by atoms with E-state index in [2.05, 4.69) is 26.9 Å². The number of rotatable bonds is 6. The van der Waals surface area contributed by atoms with Crippen molar-refractivity contribution in [3.8, 4) is 6.01 Å². The Balaban J connectivity index is 1.88. The maximum atomic E-state index is 11.7. The fourth-order valence-electron chi connectivity index (χ4n) is 1.67. The number of hydrogen-bond acceptors (Lipinski definition) is 5. The number of esters is 1. The number of carbonyl (C=O) groups is 1. The largest absolute Gasteiger partial charge is 0.391 e. The molecule has 102 valence electrons. The van der Waals surface area contributed by atoms with Crippen LogP contribution >= 0.6 is 0 Å². The standard InChI is InChI=1S/C12H17N5O2/c1-2-3-10-16-7-8(17-10)6-9(13)11(18)19-12-14-4-5-15-12/h4-5,7,9H,2-3,6,13H2,1H3,(H,14,15)(H,16,17)/t9-/m0/s1. The Morgan fingerprint density at radius 2 is 2.37 bits per heavy atom. The van der Waals surface area contributed by atoms with E-state index < -0.39 is 12.0 Å². The Bertz CT molecular complexity index is 520. The molecule has 0 unspecified atom stereocenters. The molecule has 7 heteroatoms. The SMILES string of the molecule is CCCc1ncc(C[C@H](N)C(=O)Oc2ncc[nH]2)[nH]1. The van der Waals surface area contributed by atoms with Gasteiger partial charge < -0.3 is 20.4 Å². The second-order valence-electron chi connectivity index (χ2n) is 4.23. The first-order valence-corrected chi connectivity index (χ1v) is 6.18. The molecule has 0 amide bonds. The molecule has 2 heterocycles. The highest BCUT2D eigenvalue weighted by Crippen LogP contribution is 2.05. The summed E-state index contributed by atoms with van der Waals surface area (Å²) in [5, 5.41) is 0. The molecule has 2 aromatic heterocycles. The van der Waals surface area contributed by atoms with E-state index in [0.29, 0.717) is 6.42 Å². The predicted octanol–water partition coefficient (Wildman–Crippen LogP) is 0.561. The number of imidazole rings is 2. The number of hydrogen-bond donors (Lipinski definition) is 3. The average molecular weight is 263 g/mol. The van der Waals surface area contributed by atoms with Gasteiger partial charge in [-0.25, -0.2) is 14.8 Å². The molecule has 0 bridgehead atoms. The number of carbonyl (C=O) groups excluding carboxylic acids is 1. The van der Waals surface area contributed by atoms with Gasteiger partial charge in [-0.05, 0) is 6.42 Å². The van der Waals surface area contributed by atoms with Gasteiger partial charge in [0.25, 0.3) is 0 Å². The van der Waals surface area contributed by atoms with Crippen LogP contribution in [-0.2, 0) is 17.6 Å². The number of aromatic nitrogens is 4. The van der Waals surface area contributed by atoms with Gasteiger partial charge in [0.1, 0.15) is 11.9 Å². The van der Waals surface area contributed by atoms with Crippen molar-refractivity contribution >= 4 is 5.97 Å². The third-order valence-electron chi connectivity index (χ3n) is 2.58. The molecular weight excluding hydrogens is 246 g/mol. The minimum atomic E-state index is -0.750. The molecule has 0 saturated heterocycles. The molecular formula is C12H17N5O2. The maximum absolute atomic E-state index is 11.7. The highest BCUT2D eigenvalue weighted by molar-refractivity contribution is 5.77. The van der Waals surface area contributed by atoms with Crippen molar-refractivity contribution < 1.29 is 9.53 Å². The highest BCUT2D eigenvalue weighted by Gasteiger charge is 2.18. The lowest BCUT2D eigenvalue weighted by Crippen LogP contribution is -2.36. The summed E-state index contributed by atoms with van der Waals surface area (Å²) in [7, 11) is 0. The zero-order valence-corrected chi connectivity index (χ0v) is 10.7. The van der Waals surface area contributed by atoms with Crippen molar-refractivity contribution in [3.63, 3.8) is 0 Å². The van der Waals surface area contributed by atoms with E-state index >= 15 is 0 Å². The van der Waals surface area contributed by atoms with Crippen LogP contribution in [0.3, 0.4) is 0 Å². The zero-order chi connectivity index (χ0) is 13.7. The third-order valence-corrected chi connectivity index (χ3v) is 2.58. The van der Waals surface area contributed by atoms with Gasteiger partial charge in [0.05, 0.1) is 0 Å². The van der Waals surface area contributed by atoms with Gasteiger partial charge in [0.2, 0.25) is 0 Å². The number of aryl methyl sites for hydroxylation is 1. The number of H-pyrrole nitrogens is 2. The lowest BCUT2D eigenvalue weighted by molar-refractivity contribution is -0.136. The molecule has 2 rings (SSSR count). The Labute approximate surface area is 110 Å². The van der Waals surface area contributed by atoms with Crippen molar-refractivity contribution in [1.29, 1.82) is 0 Å². The average Bonchev–Trinajstić information content (AvgIpc) is 3.02. The van der Waals surface area contributed by atoms with E-state index in [9.17, 15) is 4.79 Å². The van der Waals surface area contributed by atoms with Gasteiger partial charge in [-0.15, -0.1) is 0 Å². The van der Waals surface area contributed by atoms with Gasteiger partial charge in [-0.3, -0.25) is 0 Å².